The molecular weight excluding hydrogens is 282 g/mol. The average molecular weight is 301 g/mol. The number of rotatable bonds is 3. The van der Waals surface area contributed by atoms with Crippen LogP contribution in [0.3, 0.4) is 0 Å². The van der Waals surface area contributed by atoms with Crippen molar-refractivity contribution >= 4 is 17.8 Å². The highest BCUT2D eigenvalue weighted by Gasteiger charge is 2.60. The SMILES string of the molecule is CC(=O)N[C@H]1[C@H]2OC[C@](C)(O2)[C@H](OC(C)=O)[C@@H]1OC(C)=O. The maximum absolute atomic E-state index is 11.4. The van der Waals surface area contributed by atoms with Crippen LogP contribution in [0.2, 0.25) is 0 Å². The number of hydrogen-bond donors (Lipinski definition) is 1. The molecule has 0 radical (unpaired) electrons. The van der Waals surface area contributed by atoms with Gasteiger partial charge in [0.1, 0.15) is 11.6 Å². The van der Waals surface area contributed by atoms with Crippen molar-refractivity contribution in [3.8, 4) is 0 Å². The fourth-order valence-corrected chi connectivity index (χ4v) is 2.68. The van der Waals surface area contributed by atoms with Crippen LogP contribution >= 0.6 is 0 Å². The number of amides is 1. The second-order valence-electron chi connectivity index (χ2n) is 5.44. The van der Waals surface area contributed by atoms with Crippen LogP contribution in [0.25, 0.3) is 0 Å². The molecule has 2 aliphatic rings. The van der Waals surface area contributed by atoms with Crippen molar-refractivity contribution in [2.45, 2.75) is 57.8 Å². The van der Waals surface area contributed by atoms with Crippen LogP contribution in [0.4, 0.5) is 0 Å². The fraction of sp³-hybridized carbons (Fsp3) is 0.769. The smallest absolute Gasteiger partial charge is 0.303 e. The molecule has 0 saturated carbocycles. The van der Waals surface area contributed by atoms with E-state index in [0.29, 0.717) is 0 Å². The molecular formula is C13H19NO7. The van der Waals surface area contributed by atoms with Gasteiger partial charge >= 0.3 is 11.9 Å². The third-order valence-electron chi connectivity index (χ3n) is 3.43. The molecule has 8 nitrogen and oxygen atoms in total. The second kappa shape index (κ2) is 5.61. The minimum absolute atomic E-state index is 0.170. The van der Waals surface area contributed by atoms with Gasteiger partial charge in [-0.2, -0.15) is 0 Å². The Balaban J connectivity index is 2.33. The zero-order chi connectivity index (χ0) is 15.8. The first-order valence-corrected chi connectivity index (χ1v) is 6.64. The molecule has 2 saturated heterocycles. The van der Waals surface area contributed by atoms with Gasteiger partial charge in [0.25, 0.3) is 0 Å². The molecule has 118 valence electrons. The van der Waals surface area contributed by atoms with E-state index in [1.807, 2.05) is 0 Å². The molecule has 1 amide bonds. The van der Waals surface area contributed by atoms with Crippen molar-refractivity contribution < 1.29 is 33.3 Å². The van der Waals surface area contributed by atoms with Gasteiger partial charge in [0, 0.05) is 20.8 Å². The molecule has 0 aromatic heterocycles. The molecule has 0 aliphatic carbocycles. The molecule has 0 spiro atoms. The number of carbonyl (C=O) groups excluding carboxylic acids is 3. The van der Waals surface area contributed by atoms with Gasteiger partial charge < -0.3 is 24.3 Å². The topological polar surface area (TPSA) is 100 Å². The van der Waals surface area contributed by atoms with E-state index in [9.17, 15) is 14.4 Å². The van der Waals surface area contributed by atoms with Crippen molar-refractivity contribution in [3.05, 3.63) is 0 Å². The van der Waals surface area contributed by atoms with E-state index in [4.69, 9.17) is 18.9 Å². The highest BCUT2D eigenvalue weighted by molar-refractivity contribution is 5.73. The Labute approximate surface area is 122 Å². The molecule has 2 aliphatic heterocycles. The van der Waals surface area contributed by atoms with Crippen LogP contribution < -0.4 is 5.32 Å². The predicted octanol–water partition coefficient (Wildman–Crippen LogP) is -0.500. The van der Waals surface area contributed by atoms with Gasteiger partial charge in [0.15, 0.2) is 18.5 Å². The number of ether oxygens (including phenoxy) is 4. The first kappa shape index (κ1) is 15.7. The average Bonchev–Trinajstić information content (AvgIpc) is 2.69. The van der Waals surface area contributed by atoms with E-state index < -0.39 is 42.1 Å². The third kappa shape index (κ3) is 3.16. The fourth-order valence-electron chi connectivity index (χ4n) is 2.68. The zero-order valence-corrected chi connectivity index (χ0v) is 12.4. The number of fused-ring (bicyclic) bond motifs is 2. The molecule has 8 heteroatoms. The molecule has 21 heavy (non-hydrogen) atoms. The molecule has 2 bridgehead atoms. The normalized spacial score (nSPS) is 37.7. The van der Waals surface area contributed by atoms with Crippen molar-refractivity contribution in [3.63, 3.8) is 0 Å². The largest absolute Gasteiger partial charge is 0.456 e. The quantitative estimate of drug-likeness (QED) is 0.701. The summed E-state index contributed by atoms with van der Waals surface area (Å²) in [6.07, 6.45) is -2.49. The Kier molecular flexibility index (Phi) is 4.20. The lowest BCUT2D eigenvalue weighted by Crippen LogP contribution is -2.66. The summed E-state index contributed by atoms with van der Waals surface area (Å²) in [5.74, 6) is -1.41. The lowest BCUT2D eigenvalue weighted by Gasteiger charge is -2.44. The van der Waals surface area contributed by atoms with Crippen LogP contribution in [0.15, 0.2) is 0 Å². The van der Waals surface area contributed by atoms with Crippen LogP contribution in [0.5, 0.6) is 0 Å². The van der Waals surface area contributed by atoms with Gasteiger partial charge in [-0.05, 0) is 6.92 Å². The molecule has 0 unspecified atom stereocenters. The summed E-state index contributed by atoms with van der Waals surface area (Å²) < 4.78 is 21.8. The highest BCUT2D eigenvalue weighted by atomic mass is 16.8. The third-order valence-corrected chi connectivity index (χ3v) is 3.43. The Hall–Kier alpha value is -1.67. The molecule has 5 atom stereocenters. The minimum atomic E-state index is -0.925. The van der Waals surface area contributed by atoms with Crippen molar-refractivity contribution in [1.82, 2.24) is 5.32 Å². The molecule has 0 aromatic carbocycles. The van der Waals surface area contributed by atoms with E-state index in [0.717, 1.165) is 0 Å². The van der Waals surface area contributed by atoms with E-state index in [1.165, 1.54) is 20.8 Å². The zero-order valence-electron chi connectivity index (χ0n) is 12.4. The summed E-state index contributed by atoms with van der Waals surface area (Å²) >= 11 is 0. The van der Waals surface area contributed by atoms with E-state index in [1.54, 1.807) is 6.92 Å². The number of carbonyl (C=O) groups is 3. The Morgan fingerprint density at radius 1 is 1.14 bits per heavy atom. The van der Waals surface area contributed by atoms with Crippen LogP contribution in [0, 0.1) is 0 Å². The number of nitrogens with one attached hydrogen (secondary N) is 1. The number of esters is 2. The Bertz CT molecular complexity index is 465. The number of hydrogen-bond acceptors (Lipinski definition) is 7. The molecule has 2 fully saturated rings. The van der Waals surface area contributed by atoms with Crippen molar-refractivity contribution in [1.29, 1.82) is 0 Å². The second-order valence-corrected chi connectivity index (χ2v) is 5.44. The van der Waals surface area contributed by atoms with Gasteiger partial charge in [-0.3, -0.25) is 14.4 Å². The van der Waals surface area contributed by atoms with E-state index in [2.05, 4.69) is 5.32 Å². The summed E-state index contributed by atoms with van der Waals surface area (Å²) in [4.78, 5) is 34.1. The predicted molar refractivity (Wildman–Crippen MR) is 67.9 cm³/mol. The van der Waals surface area contributed by atoms with Gasteiger partial charge in [0.2, 0.25) is 5.91 Å². The van der Waals surface area contributed by atoms with Crippen LogP contribution in [-0.2, 0) is 33.3 Å². The summed E-state index contributed by atoms with van der Waals surface area (Å²) in [7, 11) is 0. The van der Waals surface area contributed by atoms with E-state index >= 15 is 0 Å². The maximum atomic E-state index is 11.4. The molecule has 2 rings (SSSR count). The van der Waals surface area contributed by atoms with Crippen molar-refractivity contribution in [2.24, 2.45) is 0 Å². The first-order valence-electron chi connectivity index (χ1n) is 6.64. The molecule has 0 aromatic rings. The van der Waals surface area contributed by atoms with Gasteiger partial charge in [-0.1, -0.05) is 0 Å². The Morgan fingerprint density at radius 3 is 2.29 bits per heavy atom. The van der Waals surface area contributed by atoms with Crippen LogP contribution in [0.1, 0.15) is 27.7 Å². The molecule has 2 heterocycles. The van der Waals surface area contributed by atoms with Crippen molar-refractivity contribution in [2.75, 3.05) is 6.61 Å². The molecule has 1 N–H and O–H groups in total. The maximum Gasteiger partial charge on any atom is 0.303 e. The standard InChI is InChI=1S/C13H19NO7/c1-6(15)14-9-10(19-7(2)16)11(20-8(3)17)13(4)5-18-12(9)21-13/h9-12H,5H2,1-4H3,(H,14,15)/t9-,10-,11-,12+,13+/m1/s1. The highest BCUT2D eigenvalue weighted by Crippen LogP contribution is 2.39. The van der Waals surface area contributed by atoms with Crippen LogP contribution in [-0.4, -0.2) is 54.6 Å². The van der Waals surface area contributed by atoms with Gasteiger partial charge in [-0.15, -0.1) is 0 Å². The Morgan fingerprint density at radius 2 is 1.76 bits per heavy atom. The first-order chi connectivity index (χ1) is 9.73. The lowest BCUT2D eigenvalue weighted by atomic mass is 9.89. The summed E-state index contributed by atoms with van der Waals surface area (Å²) in [5, 5.41) is 2.63. The monoisotopic (exact) mass is 301 g/mol. The summed E-state index contributed by atoms with van der Waals surface area (Å²) in [6.45, 7) is 5.71. The summed E-state index contributed by atoms with van der Waals surface area (Å²) in [6, 6.07) is -0.744. The van der Waals surface area contributed by atoms with E-state index in [-0.39, 0.29) is 12.5 Å². The lowest BCUT2D eigenvalue weighted by molar-refractivity contribution is -0.237. The minimum Gasteiger partial charge on any atom is -0.456 e. The van der Waals surface area contributed by atoms with Gasteiger partial charge in [0.05, 0.1) is 6.61 Å². The van der Waals surface area contributed by atoms with Gasteiger partial charge in [-0.25, -0.2) is 0 Å². The summed E-state index contributed by atoms with van der Waals surface area (Å²) in [5.41, 5.74) is -0.925.